The van der Waals surface area contributed by atoms with Gasteiger partial charge in [-0.1, -0.05) is 60.7 Å². The van der Waals surface area contributed by atoms with Gasteiger partial charge < -0.3 is 44.5 Å². The highest BCUT2D eigenvalue weighted by Gasteiger charge is 2.48. The maximum Gasteiger partial charge on any atom is 0.303 e. The lowest BCUT2D eigenvalue weighted by Crippen LogP contribution is -2.61. The zero-order chi connectivity index (χ0) is 28.9. The summed E-state index contributed by atoms with van der Waals surface area (Å²) in [5, 5.41) is 51.3. The van der Waals surface area contributed by atoms with E-state index >= 15 is 0 Å². The van der Waals surface area contributed by atoms with Crippen molar-refractivity contribution in [3.8, 4) is 0 Å². The van der Waals surface area contributed by atoms with Crippen LogP contribution in [0.2, 0.25) is 0 Å². The molecule has 2 aromatic rings. The molecule has 1 saturated heterocycles. The van der Waals surface area contributed by atoms with Crippen LogP contribution in [0.5, 0.6) is 0 Å². The molecule has 12 heteroatoms. The third-order valence-corrected chi connectivity index (χ3v) is 5.99. The fourth-order valence-electron chi connectivity index (χ4n) is 3.99. The molecule has 218 valence electrons. The van der Waals surface area contributed by atoms with E-state index in [-0.39, 0.29) is 6.54 Å². The van der Waals surface area contributed by atoms with Crippen LogP contribution in [0.3, 0.4) is 0 Å². The van der Waals surface area contributed by atoms with E-state index in [4.69, 9.17) is 18.9 Å². The molecule has 2 aromatic carbocycles. The fourth-order valence-corrected chi connectivity index (χ4v) is 3.99. The van der Waals surface area contributed by atoms with Gasteiger partial charge in [0.2, 0.25) is 0 Å². The Morgan fingerprint density at radius 3 is 2.05 bits per heavy atom. The SMILES string of the molecule is CC(=O)O[C@H]1[C@H](O)[C@@H](O[C@H](C=NCc2ccccc2)[C@@H](CO)O[C@H](O)C=NCc2ccccc2)O[C@@H](CO)[C@@H]1O. The lowest BCUT2D eigenvalue weighted by atomic mass is 9.99. The number of benzene rings is 2. The molecular formula is C28H36N2O10. The van der Waals surface area contributed by atoms with E-state index in [0.29, 0.717) is 6.54 Å². The van der Waals surface area contributed by atoms with Crippen LogP contribution in [0.4, 0.5) is 0 Å². The zero-order valence-corrected chi connectivity index (χ0v) is 22.0. The van der Waals surface area contributed by atoms with E-state index in [1.54, 1.807) is 0 Å². The molecule has 1 aliphatic rings. The summed E-state index contributed by atoms with van der Waals surface area (Å²) in [7, 11) is 0. The predicted molar refractivity (Wildman–Crippen MR) is 143 cm³/mol. The van der Waals surface area contributed by atoms with Crippen LogP contribution in [0.1, 0.15) is 18.1 Å². The van der Waals surface area contributed by atoms with E-state index in [9.17, 15) is 30.3 Å². The molecule has 8 atom stereocenters. The highest BCUT2D eigenvalue weighted by Crippen LogP contribution is 2.26. The number of nitrogens with zero attached hydrogens (tertiary/aromatic N) is 2. The third-order valence-electron chi connectivity index (χ3n) is 5.99. The number of hydrogen-bond acceptors (Lipinski definition) is 12. The van der Waals surface area contributed by atoms with Gasteiger partial charge >= 0.3 is 5.97 Å². The molecule has 40 heavy (non-hydrogen) atoms. The van der Waals surface area contributed by atoms with Crippen LogP contribution in [0.25, 0.3) is 0 Å². The summed E-state index contributed by atoms with van der Waals surface area (Å²) in [5.74, 6) is -0.768. The molecule has 0 aliphatic carbocycles. The minimum absolute atomic E-state index is 0.252. The average molecular weight is 561 g/mol. The van der Waals surface area contributed by atoms with Crippen molar-refractivity contribution in [3.63, 3.8) is 0 Å². The number of ether oxygens (including phenoxy) is 4. The highest BCUT2D eigenvalue weighted by atomic mass is 16.7. The van der Waals surface area contributed by atoms with Crippen LogP contribution < -0.4 is 0 Å². The molecule has 0 spiro atoms. The molecule has 0 unspecified atom stereocenters. The maximum atomic E-state index is 11.6. The van der Waals surface area contributed by atoms with Crippen molar-refractivity contribution >= 4 is 18.4 Å². The Labute approximate surface area is 232 Å². The Bertz CT molecular complexity index is 1070. The van der Waals surface area contributed by atoms with Crippen LogP contribution >= 0.6 is 0 Å². The molecule has 0 saturated carbocycles. The van der Waals surface area contributed by atoms with Gasteiger partial charge in [0.15, 0.2) is 18.7 Å². The maximum absolute atomic E-state index is 11.6. The highest BCUT2D eigenvalue weighted by molar-refractivity contribution is 5.66. The van der Waals surface area contributed by atoms with Gasteiger partial charge in [0, 0.05) is 13.1 Å². The van der Waals surface area contributed by atoms with Gasteiger partial charge in [0.1, 0.15) is 30.5 Å². The molecule has 0 aromatic heterocycles. The van der Waals surface area contributed by atoms with Gasteiger partial charge in [-0.2, -0.15) is 0 Å². The molecule has 0 radical (unpaired) electrons. The second-order valence-corrected chi connectivity index (χ2v) is 9.08. The van der Waals surface area contributed by atoms with E-state index < -0.39 is 68.4 Å². The Morgan fingerprint density at radius 2 is 1.52 bits per heavy atom. The molecule has 1 fully saturated rings. The standard InChI is InChI=1S/C28H36N2O10/c1-18(33)37-27-25(35)23(17-32)40-28(26(27)36)39-21(14-29-12-19-8-4-2-5-9-19)22(16-31)38-24(34)15-30-13-20-10-6-3-7-11-20/h2-11,14-15,21-28,31-32,34-36H,12-13,16-17H2,1H3/t21-,22-,23+,24+,25+,26+,27-,28+/m1/s1. The normalized spacial score (nSPS) is 25.6. The Kier molecular flexibility index (Phi) is 12.8. The second-order valence-electron chi connectivity index (χ2n) is 9.08. The third kappa shape index (κ3) is 9.54. The fraction of sp³-hybridized carbons (Fsp3) is 0.464. The van der Waals surface area contributed by atoms with Crippen molar-refractivity contribution in [2.45, 2.75) is 69.2 Å². The molecule has 0 bridgehead atoms. The Morgan fingerprint density at radius 1 is 0.950 bits per heavy atom. The minimum atomic E-state index is -1.66. The zero-order valence-electron chi connectivity index (χ0n) is 22.0. The number of aliphatic imine (C=N–C) groups is 2. The molecule has 5 N–H and O–H groups in total. The lowest BCUT2D eigenvalue weighted by molar-refractivity contribution is -0.315. The van der Waals surface area contributed by atoms with Crippen molar-refractivity contribution in [2.75, 3.05) is 13.2 Å². The van der Waals surface area contributed by atoms with Gasteiger partial charge in [0.05, 0.1) is 32.5 Å². The van der Waals surface area contributed by atoms with Gasteiger partial charge in [-0.15, -0.1) is 0 Å². The van der Waals surface area contributed by atoms with Crippen LogP contribution in [-0.2, 0) is 36.8 Å². The topological polar surface area (TPSA) is 180 Å². The number of aliphatic hydroxyl groups excluding tert-OH is 5. The molecule has 12 nitrogen and oxygen atoms in total. The number of carbonyl (C=O) groups excluding carboxylic acids is 1. The first-order chi connectivity index (χ1) is 19.3. The average Bonchev–Trinajstić information content (AvgIpc) is 2.95. The summed E-state index contributed by atoms with van der Waals surface area (Å²) in [6.07, 6.45) is -8.84. The molecule has 0 amide bonds. The lowest BCUT2D eigenvalue weighted by Gasteiger charge is -2.42. The number of hydrogen-bond donors (Lipinski definition) is 5. The van der Waals surface area contributed by atoms with Gasteiger partial charge in [-0.3, -0.25) is 14.8 Å². The molecular weight excluding hydrogens is 524 g/mol. The number of esters is 1. The first-order valence-electron chi connectivity index (χ1n) is 12.8. The van der Waals surface area contributed by atoms with E-state index in [1.807, 2.05) is 60.7 Å². The van der Waals surface area contributed by atoms with Crippen molar-refractivity contribution in [2.24, 2.45) is 9.98 Å². The van der Waals surface area contributed by atoms with E-state index in [1.165, 1.54) is 12.4 Å². The number of rotatable bonds is 14. The van der Waals surface area contributed by atoms with Crippen molar-refractivity contribution in [1.29, 1.82) is 0 Å². The summed E-state index contributed by atoms with van der Waals surface area (Å²) >= 11 is 0. The first-order valence-corrected chi connectivity index (χ1v) is 12.8. The van der Waals surface area contributed by atoms with Crippen molar-refractivity contribution < 1.29 is 49.3 Å². The van der Waals surface area contributed by atoms with Crippen LogP contribution in [0.15, 0.2) is 70.6 Å². The van der Waals surface area contributed by atoms with Crippen molar-refractivity contribution in [3.05, 3.63) is 71.8 Å². The Hall–Kier alpha value is -3.07. The van der Waals surface area contributed by atoms with E-state index in [0.717, 1.165) is 18.1 Å². The summed E-state index contributed by atoms with van der Waals surface area (Å²) in [5.41, 5.74) is 1.81. The van der Waals surface area contributed by atoms with Crippen LogP contribution in [0, 0.1) is 0 Å². The van der Waals surface area contributed by atoms with E-state index in [2.05, 4.69) is 9.98 Å². The first kappa shape index (κ1) is 31.5. The Balaban J connectivity index is 1.76. The van der Waals surface area contributed by atoms with Gasteiger partial charge in [-0.25, -0.2) is 0 Å². The number of carbonyl (C=O) groups is 1. The van der Waals surface area contributed by atoms with Gasteiger partial charge in [-0.05, 0) is 11.1 Å². The minimum Gasteiger partial charge on any atom is -0.457 e. The van der Waals surface area contributed by atoms with Crippen molar-refractivity contribution in [1.82, 2.24) is 0 Å². The monoisotopic (exact) mass is 560 g/mol. The van der Waals surface area contributed by atoms with Crippen LogP contribution in [-0.4, -0.2) is 106 Å². The largest absolute Gasteiger partial charge is 0.457 e. The quantitative estimate of drug-likeness (QED) is 0.120. The predicted octanol–water partition coefficient (Wildman–Crippen LogP) is -0.0198. The van der Waals surface area contributed by atoms with Gasteiger partial charge in [0.25, 0.3) is 0 Å². The summed E-state index contributed by atoms with van der Waals surface area (Å²) < 4.78 is 22.0. The molecule has 3 rings (SSSR count). The molecule has 1 aliphatic heterocycles. The number of aliphatic hydroxyl groups is 5. The summed E-state index contributed by atoms with van der Waals surface area (Å²) in [4.78, 5) is 20.1. The smallest absolute Gasteiger partial charge is 0.303 e. The summed E-state index contributed by atoms with van der Waals surface area (Å²) in [6, 6.07) is 18.7. The second kappa shape index (κ2) is 16.3. The summed E-state index contributed by atoms with van der Waals surface area (Å²) in [6.45, 7) is 0.368. The molecule has 1 heterocycles.